The normalized spacial score (nSPS) is 17.1. The highest BCUT2D eigenvalue weighted by atomic mass is 35.5. The molecule has 0 radical (unpaired) electrons. The van der Waals surface area contributed by atoms with Gasteiger partial charge < -0.3 is 14.4 Å². The first-order chi connectivity index (χ1) is 17.4. The minimum atomic E-state index is -0.120. The van der Waals surface area contributed by atoms with Gasteiger partial charge >= 0.3 is 0 Å². The quantitative estimate of drug-likeness (QED) is 0.528. The van der Waals surface area contributed by atoms with Gasteiger partial charge in [-0.15, -0.1) is 0 Å². The molecule has 0 N–H and O–H groups in total. The van der Waals surface area contributed by atoms with Crippen LogP contribution < -0.4 is 9.80 Å². The van der Waals surface area contributed by atoms with Crippen LogP contribution in [0, 0.1) is 6.92 Å². The van der Waals surface area contributed by atoms with Gasteiger partial charge in [0, 0.05) is 70.9 Å². The minimum Gasteiger partial charge on any atom is -0.353 e. The van der Waals surface area contributed by atoms with Crippen molar-refractivity contribution in [1.82, 2.24) is 24.3 Å². The number of amides is 2. The number of pyridine rings is 2. The van der Waals surface area contributed by atoms with E-state index in [1.807, 2.05) is 54.9 Å². The Balaban J connectivity index is 1.22. The molecule has 188 valence electrons. The minimum absolute atomic E-state index is 0.0486. The Morgan fingerprint density at radius 3 is 2.47 bits per heavy atom. The largest absolute Gasteiger partial charge is 0.353 e. The van der Waals surface area contributed by atoms with E-state index in [9.17, 15) is 9.59 Å². The molecule has 0 atom stereocenters. The first-order valence-corrected chi connectivity index (χ1v) is 12.5. The smallest absolute Gasteiger partial charge is 0.271 e. The number of carbonyl (C=O) groups excluding carboxylic acids is 2. The maximum absolute atomic E-state index is 13.4. The maximum Gasteiger partial charge on any atom is 0.271 e. The van der Waals surface area contributed by atoms with Gasteiger partial charge in [0.2, 0.25) is 5.91 Å². The van der Waals surface area contributed by atoms with Crippen molar-refractivity contribution in [2.24, 2.45) is 7.05 Å². The molecular formula is C26H30ClN7O2. The second kappa shape index (κ2) is 10.3. The van der Waals surface area contributed by atoms with Crippen molar-refractivity contribution < 1.29 is 9.59 Å². The van der Waals surface area contributed by atoms with Crippen LogP contribution in [-0.2, 0) is 18.4 Å². The third kappa shape index (κ3) is 4.81. The Morgan fingerprint density at radius 1 is 1.00 bits per heavy atom. The zero-order valence-corrected chi connectivity index (χ0v) is 21.4. The molecule has 5 heterocycles. The number of nitrogens with zero attached hydrogens (tertiary/aromatic N) is 7. The molecule has 3 aromatic heterocycles. The summed E-state index contributed by atoms with van der Waals surface area (Å²) in [5.74, 6) is 1.22. The predicted octanol–water partition coefficient (Wildman–Crippen LogP) is 2.59. The van der Waals surface area contributed by atoms with Crippen LogP contribution in [0.5, 0.6) is 0 Å². The van der Waals surface area contributed by atoms with E-state index in [1.165, 1.54) is 0 Å². The second-order valence-electron chi connectivity index (χ2n) is 9.23. The van der Waals surface area contributed by atoms with Gasteiger partial charge in [0.25, 0.3) is 5.91 Å². The summed E-state index contributed by atoms with van der Waals surface area (Å²) in [7, 11) is 1.92. The van der Waals surface area contributed by atoms with Gasteiger partial charge in [-0.05, 0) is 42.8 Å². The van der Waals surface area contributed by atoms with Crippen molar-refractivity contribution >= 4 is 35.1 Å². The van der Waals surface area contributed by atoms with Crippen molar-refractivity contribution in [2.45, 2.75) is 13.5 Å². The molecule has 9 nitrogen and oxygen atoms in total. The number of halogens is 1. The SMILES string of the molecule is Cc1c(CN2CCN(c3ncccc3Cl)CC2)cc(C(=O)N2CCN(c3ccccn3)C(=O)C2)n1C. The Hall–Kier alpha value is -3.43. The number of anilines is 2. The summed E-state index contributed by atoms with van der Waals surface area (Å²) in [6.45, 7) is 7.22. The van der Waals surface area contributed by atoms with Crippen LogP contribution in [0.1, 0.15) is 21.7 Å². The number of aromatic nitrogens is 3. The van der Waals surface area contributed by atoms with E-state index in [0.717, 1.165) is 49.8 Å². The molecule has 5 rings (SSSR count). The molecule has 0 aromatic carbocycles. The summed E-state index contributed by atoms with van der Waals surface area (Å²) in [6.07, 6.45) is 3.44. The van der Waals surface area contributed by atoms with Crippen molar-refractivity contribution in [2.75, 3.05) is 55.6 Å². The van der Waals surface area contributed by atoms with E-state index in [2.05, 4.69) is 19.8 Å². The van der Waals surface area contributed by atoms with Crippen LogP contribution in [0.3, 0.4) is 0 Å². The lowest BCUT2D eigenvalue weighted by Crippen LogP contribution is -2.52. The van der Waals surface area contributed by atoms with Gasteiger partial charge in [0.1, 0.15) is 23.9 Å². The molecule has 2 amide bonds. The van der Waals surface area contributed by atoms with Gasteiger partial charge in [-0.2, -0.15) is 0 Å². The fourth-order valence-corrected chi connectivity index (χ4v) is 5.10. The number of piperazine rings is 2. The molecule has 2 aliphatic rings. The molecular weight excluding hydrogens is 478 g/mol. The molecule has 10 heteroatoms. The van der Waals surface area contributed by atoms with Gasteiger partial charge in [-0.1, -0.05) is 17.7 Å². The van der Waals surface area contributed by atoms with Crippen LogP contribution in [0.15, 0.2) is 48.8 Å². The fraction of sp³-hybridized carbons (Fsp3) is 0.385. The molecule has 3 aromatic rings. The Morgan fingerprint density at radius 2 is 1.78 bits per heavy atom. The number of hydrogen-bond acceptors (Lipinski definition) is 6. The Bertz CT molecular complexity index is 1250. The highest BCUT2D eigenvalue weighted by Crippen LogP contribution is 2.25. The lowest BCUT2D eigenvalue weighted by Gasteiger charge is -2.35. The van der Waals surface area contributed by atoms with Crippen molar-refractivity contribution in [3.63, 3.8) is 0 Å². The number of rotatable bonds is 5. The molecule has 0 aliphatic carbocycles. The molecule has 0 unspecified atom stereocenters. The molecule has 2 saturated heterocycles. The summed E-state index contributed by atoms with van der Waals surface area (Å²) in [5, 5.41) is 0.673. The maximum atomic E-state index is 13.4. The van der Waals surface area contributed by atoms with E-state index < -0.39 is 0 Å². The topological polar surface area (TPSA) is 77.8 Å². The van der Waals surface area contributed by atoms with Crippen molar-refractivity contribution in [3.05, 3.63) is 70.8 Å². The average molecular weight is 508 g/mol. The lowest BCUT2D eigenvalue weighted by molar-refractivity contribution is -0.120. The summed E-state index contributed by atoms with van der Waals surface area (Å²) in [4.78, 5) is 42.7. The number of hydrogen-bond donors (Lipinski definition) is 0. The molecule has 2 aliphatic heterocycles. The van der Waals surface area contributed by atoms with E-state index in [-0.39, 0.29) is 18.4 Å². The Labute approximate surface area is 215 Å². The van der Waals surface area contributed by atoms with Crippen LogP contribution in [0.2, 0.25) is 5.02 Å². The van der Waals surface area contributed by atoms with E-state index in [1.54, 1.807) is 22.2 Å². The molecule has 0 bridgehead atoms. The summed E-state index contributed by atoms with van der Waals surface area (Å²) < 4.78 is 1.94. The van der Waals surface area contributed by atoms with Crippen LogP contribution >= 0.6 is 11.6 Å². The zero-order valence-electron chi connectivity index (χ0n) is 20.6. The fourth-order valence-electron chi connectivity index (χ4n) is 4.86. The third-order valence-electron chi connectivity index (χ3n) is 7.10. The van der Waals surface area contributed by atoms with Gasteiger partial charge in [-0.25, -0.2) is 9.97 Å². The first kappa shape index (κ1) is 24.3. The summed E-state index contributed by atoms with van der Waals surface area (Å²) in [6, 6.07) is 11.2. The number of carbonyl (C=O) groups is 2. The highest BCUT2D eigenvalue weighted by molar-refractivity contribution is 6.32. The van der Waals surface area contributed by atoms with E-state index >= 15 is 0 Å². The lowest BCUT2D eigenvalue weighted by atomic mass is 10.2. The van der Waals surface area contributed by atoms with Crippen LogP contribution in [0.25, 0.3) is 0 Å². The second-order valence-corrected chi connectivity index (χ2v) is 9.64. The molecule has 36 heavy (non-hydrogen) atoms. The summed E-state index contributed by atoms with van der Waals surface area (Å²) in [5.41, 5.74) is 2.80. The van der Waals surface area contributed by atoms with Gasteiger partial charge in [-0.3, -0.25) is 19.4 Å². The van der Waals surface area contributed by atoms with E-state index in [4.69, 9.17) is 11.6 Å². The molecule has 0 saturated carbocycles. The van der Waals surface area contributed by atoms with Crippen LogP contribution in [-0.4, -0.2) is 82.0 Å². The molecule has 2 fully saturated rings. The Kier molecular flexibility index (Phi) is 6.93. The standard InChI is InChI=1S/C26H30ClN7O2/c1-19-20(17-31-10-12-32(13-11-31)25-21(27)6-5-9-29-25)16-22(30(19)2)26(36)33-14-15-34(24(35)18-33)23-7-3-4-8-28-23/h3-9,16H,10-15,17-18H2,1-2H3. The highest BCUT2D eigenvalue weighted by Gasteiger charge is 2.31. The molecule has 0 spiro atoms. The van der Waals surface area contributed by atoms with Crippen molar-refractivity contribution in [3.8, 4) is 0 Å². The van der Waals surface area contributed by atoms with Gasteiger partial charge in [0.05, 0.1) is 5.02 Å². The predicted molar refractivity (Wildman–Crippen MR) is 139 cm³/mol. The van der Waals surface area contributed by atoms with E-state index in [0.29, 0.717) is 29.6 Å². The van der Waals surface area contributed by atoms with Crippen LogP contribution in [0.4, 0.5) is 11.6 Å². The van der Waals surface area contributed by atoms with Crippen molar-refractivity contribution in [1.29, 1.82) is 0 Å². The zero-order chi connectivity index (χ0) is 25.2. The monoisotopic (exact) mass is 507 g/mol. The third-order valence-corrected chi connectivity index (χ3v) is 7.39. The first-order valence-electron chi connectivity index (χ1n) is 12.2. The van der Waals surface area contributed by atoms with Gasteiger partial charge in [0.15, 0.2) is 0 Å². The average Bonchev–Trinajstić information content (AvgIpc) is 3.18. The summed E-state index contributed by atoms with van der Waals surface area (Å²) >= 11 is 6.32.